The molecule has 1 aliphatic carbocycles. The number of rotatable bonds is 4. The van der Waals surface area contributed by atoms with Crippen molar-refractivity contribution in [2.75, 3.05) is 6.61 Å². The third-order valence-electron chi connectivity index (χ3n) is 3.99. The molecule has 102 valence electrons. The second kappa shape index (κ2) is 5.72. The van der Waals surface area contributed by atoms with Crippen LogP contribution in [-0.2, 0) is 4.74 Å². The Morgan fingerprint density at radius 1 is 1.61 bits per heavy atom. The Bertz CT molecular complexity index is 384. The summed E-state index contributed by atoms with van der Waals surface area (Å²) in [5.74, 6) is 0.639. The van der Waals surface area contributed by atoms with Crippen LogP contribution in [-0.4, -0.2) is 17.3 Å². The molecule has 3 heteroatoms. The summed E-state index contributed by atoms with van der Waals surface area (Å²) < 4.78 is 6.02. The van der Waals surface area contributed by atoms with Gasteiger partial charge in [-0.3, -0.25) is 0 Å². The second-order valence-corrected chi connectivity index (χ2v) is 6.71. The van der Waals surface area contributed by atoms with Gasteiger partial charge in [0.1, 0.15) is 6.10 Å². The molecule has 3 atom stereocenters. The van der Waals surface area contributed by atoms with Crippen LogP contribution < -0.4 is 0 Å². The summed E-state index contributed by atoms with van der Waals surface area (Å²) in [7, 11) is 0. The minimum atomic E-state index is -0.481. The van der Waals surface area contributed by atoms with E-state index >= 15 is 0 Å². The Hall–Kier alpha value is -0.380. The average molecular weight is 268 g/mol. The van der Waals surface area contributed by atoms with E-state index in [1.807, 2.05) is 6.92 Å². The van der Waals surface area contributed by atoms with Gasteiger partial charge in [0.2, 0.25) is 0 Å². The standard InChI is InChI=1S/C15H24O2S/c1-4-17-15(7-5-6-11(2)9-15)14(16)13-8-12(3)18-10-13/h8,10-11,14,16H,4-7,9H2,1-3H3. The molecule has 18 heavy (non-hydrogen) atoms. The molecule has 0 spiro atoms. The van der Waals surface area contributed by atoms with Gasteiger partial charge in [0.15, 0.2) is 0 Å². The van der Waals surface area contributed by atoms with Gasteiger partial charge >= 0.3 is 0 Å². The van der Waals surface area contributed by atoms with Gasteiger partial charge in [-0.1, -0.05) is 19.8 Å². The first-order valence-electron chi connectivity index (χ1n) is 6.94. The number of aliphatic hydroxyl groups is 1. The summed E-state index contributed by atoms with van der Waals surface area (Å²) in [5, 5.41) is 12.8. The van der Waals surface area contributed by atoms with Crippen LogP contribution in [0.5, 0.6) is 0 Å². The second-order valence-electron chi connectivity index (χ2n) is 5.59. The predicted molar refractivity (Wildman–Crippen MR) is 76.0 cm³/mol. The number of hydrogen-bond acceptors (Lipinski definition) is 3. The molecule has 1 aromatic heterocycles. The summed E-state index contributed by atoms with van der Waals surface area (Å²) in [6.07, 6.45) is 3.87. The zero-order valence-corrected chi connectivity index (χ0v) is 12.4. The zero-order valence-electron chi connectivity index (χ0n) is 11.6. The molecular formula is C15H24O2S. The van der Waals surface area contributed by atoms with E-state index in [2.05, 4.69) is 25.3 Å². The van der Waals surface area contributed by atoms with Crippen molar-refractivity contribution >= 4 is 11.3 Å². The van der Waals surface area contributed by atoms with E-state index in [-0.39, 0.29) is 5.60 Å². The monoisotopic (exact) mass is 268 g/mol. The first kappa shape index (κ1) is 14.0. The van der Waals surface area contributed by atoms with E-state index in [1.165, 1.54) is 11.3 Å². The summed E-state index contributed by atoms with van der Waals surface area (Å²) in [5.41, 5.74) is 0.667. The van der Waals surface area contributed by atoms with Crippen LogP contribution in [0.15, 0.2) is 11.4 Å². The van der Waals surface area contributed by atoms with E-state index in [4.69, 9.17) is 4.74 Å². The lowest BCUT2D eigenvalue weighted by Crippen LogP contribution is -2.43. The van der Waals surface area contributed by atoms with Gasteiger partial charge < -0.3 is 9.84 Å². The van der Waals surface area contributed by atoms with Crippen molar-refractivity contribution in [1.82, 2.24) is 0 Å². The van der Waals surface area contributed by atoms with Gasteiger partial charge in [0.25, 0.3) is 0 Å². The van der Waals surface area contributed by atoms with Gasteiger partial charge in [-0.15, -0.1) is 11.3 Å². The third kappa shape index (κ3) is 2.79. The Morgan fingerprint density at radius 3 is 2.94 bits per heavy atom. The molecule has 1 fully saturated rings. The van der Waals surface area contributed by atoms with Crippen LogP contribution >= 0.6 is 11.3 Å². The Kier molecular flexibility index (Phi) is 4.46. The molecule has 0 amide bonds. The third-order valence-corrected chi connectivity index (χ3v) is 4.87. The zero-order chi connectivity index (χ0) is 13.2. The Balaban J connectivity index is 2.23. The van der Waals surface area contributed by atoms with Crippen LogP contribution in [0.2, 0.25) is 0 Å². The normalized spacial score (nSPS) is 30.3. The molecule has 1 N–H and O–H groups in total. The minimum Gasteiger partial charge on any atom is -0.385 e. The molecule has 1 heterocycles. The highest BCUT2D eigenvalue weighted by Gasteiger charge is 2.42. The van der Waals surface area contributed by atoms with Crippen molar-refractivity contribution in [3.63, 3.8) is 0 Å². The maximum atomic E-state index is 10.7. The molecule has 1 aromatic rings. The molecule has 0 saturated heterocycles. The first-order chi connectivity index (χ1) is 8.57. The lowest BCUT2D eigenvalue weighted by atomic mass is 9.74. The maximum Gasteiger partial charge on any atom is 0.109 e. The van der Waals surface area contributed by atoms with Crippen molar-refractivity contribution in [1.29, 1.82) is 0 Å². The number of aryl methyl sites for hydroxylation is 1. The van der Waals surface area contributed by atoms with Gasteiger partial charge in [-0.2, -0.15) is 0 Å². The van der Waals surface area contributed by atoms with Gasteiger partial charge in [-0.25, -0.2) is 0 Å². The van der Waals surface area contributed by atoms with Crippen LogP contribution in [0.3, 0.4) is 0 Å². The van der Waals surface area contributed by atoms with Crippen LogP contribution in [0.25, 0.3) is 0 Å². The van der Waals surface area contributed by atoms with Crippen molar-refractivity contribution in [3.8, 4) is 0 Å². The summed E-state index contributed by atoms with van der Waals surface area (Å²) >= 11 is 1.70. The fraction of sp³-hybridized carbons (Fsp3) is 0.733. The van der Waals surface area contributed by atoms with Crippen LogP contribution in [0, 0.1) is 12.8 Å². The molecule has 1 saturated carbocycles. The van der Waals surface area contributed by atoms with Gasteiger partial charge in [0, 0.05) is 11.5 Å². The molecule has 2 nitrogen and oxygen atoms in total. The average Bonchev–Trinajstić information content (AvgIpc) is 2.75. The first-order valence-corrected chi connectivity index (χ1v) is 7.82. The predicted octanol–water partition coefficient (Wildman–Crippen LogP) is 4.08. The molecule has 2 rings (SSSR count). The summed E-state index contributed by atoms with van der Waals surface area (Å²) in [6, 6.07) is 2.09. The van der Waals surface area contributed by atoms with Gasteiger partial charge in [-0.05, 0) is 49.6 Å². The fourth-order valence-electron chi connectivity index (χ4n) is 3.20. The number of aliphatic hydroxyl groups excluding tert-OH is 1. The maximum absolute atomic E-state index is 10.7. The summed E-state index contributed by atoms with van der Waals surface area (Å²) in [4.78, 5) is 1.25. The smallest absolute Gasteiger partial charge is 0.109 e. The SMILES string of the molecule is CCOC1(C(O)c2csc(C)c2)CCCC(C)C1. The topological polar surface area (TPSA) is 29.5 Å². The largest absolute Gasteiger partial charge is 0.385 e. The van der Waals surface area contributed by atoms with E-state index < -0.39 is 6.10 Å². The van der Waals surface area contributed by atoms with Crippen LogP contribution in [0.1, 0.15) is 56.1 Å². The fourth-order valence-corrected chi connectivity index (χ4v) is 3.92. The van der Waals surface area contributed by atoms with Crippen molar-refractivity contribution in [3.05, 3.63) is 21.9 Å². The van der Waals surface area contributed by atoms with E-state index in [0.717, 1.165) is 24.8 Å². The Morgan fingerprint density at radius 2 is 2.39 bits per heavy atom. The van der Waals surface area contributed by atoms with Crippen molar-refractivity contribution < 1.29 is 9.84 Å². The highest BCUT2D eigenvalue weighted by atomic mass is 32.1. The molecule has 1 aliphatic rings. The van der Waals surface area contributed by atoms with Crippen LogP contribution in [0.4, 0.5) is 0 Å². The Labute approximate surface area is 114 Å². The molecule has 0 bridgehead atoms. The van der Waals surface area contributed by atoms with Crippen molar-refractivity contribution in [2.24, 2.45) is 5.92 Å². The number of ether oxygens (including phenoxy) is 1. The molecular weight excluding hydrogens is 244 g/mol. The lowest BCUT2D eigenvalue weighted by molar-refractivity contribution is -0.149. The van der Waals surface area contributed by atoms with E-state index in [0.29, 0.717) is 12.5 Å². The van der Waals surface area contributed by atoms with Gasteiger partial charge in [0.05, 0.1) is 5.60 Å². The van der Waals surface area contributed by atoms with E-state index in [1.54, 1.807) is 11.3 Å². The lowest BCUT2D eigenvalue weighted by Gasteiger charge is -2.43. The highest BCUT2D eigenvalue weighted by Crippen LogP contribution is 2.44. The number of hydrogen-bond donors (Lipinski definition) is 1. The summed E-state index contributed by atoms with van der Waals surface area (Å²) in [6.45, 7) is 7.04. The molecule has 0 aromatic carbocycles. The van der Waals surface area contributed by atoms with Crippen molar-refractivity contribution in [2.45, 2.75) is 58.2 Å². The molecule has 0 radical (unpaired) electrons. The molecule has 0 aliphatic heterocycles. The highest BCUT2D eigenvalue weighted by molar-refractivity contribution is 7.10. The van der Waals surface area contributed by atoms with E-state index in [9.17, 15) is 5.11 Å². The quantitative estimate of drug-likeness (QED) is 0.891. The number of thiophene rings is 1. The molecule has 3 unspecified atom stereocenters. The minimum absolute atomic E-state index is 0.361.